The van der Waals surface area contributed by atoms with Gasteiger partial charge in [-0.2, -0.15) is 0 Å². The second-order valence-electron chi connectivity index (χ2n) is 5.85. The molecule has 1 aliphatic carbocycles. The monoisotopic (exact) mass is 281 g/mol. The summed E-state index contributed by atoms with van der Waals surface area (Å²) < 4.78 is 0. The third-order valence-electron chi connectivity index (χ3n) is 4.21. The zero-order valence-corrected chi connectivity index (χ0v) is 12.2. The maximum absolute atomic E-state index is 5.99. The van der Waals surface area contributed by atoms with Crippen molar-refractivity contribution in [3.05, 3.63) is 36.2 Å². The number of nitrogens with zero attached hydrogens (tertiary/aromatic N) is 4. The highest BCUT2D eigenvalue weighted by atomic mass is 15.3. The van der Waals surface area contributed by atoms with Crippen molar-refractivity contribution >= 4 is 23.0 Å². The van der Waals surface area contributed by atoms with E-state index in [0.717, 1.165) is 24.7 Å². The Hall–Kier alpha value is -2.30. The van der Waals surface area contributed by atoms with Gasteiger partial charge in [0.25, 0.3) is 0 Å². The smallest absolute Gasteiger partial charge is 0.138 e. The van der Waals surface area contributed by atoms with Crippen LogP contribution < -0.4 is 15.5 Å². The molecule has 1 aromatic heterocycles. The van der Waals surface area contributed by atoms with Crippen LogP contribution in [0.3, 0.4) is 0 Å². The Labute approximate surface area is 124 Å². The molecular weight excluding hydrogens is 262 g/mol. The standard InChI is InChI=1S/C16H19N5/c1-20-8-9-21(13-5-3-2-4-12(13)20)15-10-14(17)18-16(19-15)11-6-7-11/h2-5,10-11H,6-9H2,1H3,(H2,17,18,19). The first-order valence-corrected chi connectivity index (χ1v) is 7.44. The fraction of sp³-hybridized carbons (Fsp3) is 0.375. The minimum atomic E-state index is 0.509. The predicted octanol–water partition coefficient (Wildman–Crippen LogP) is 2.52. The van der Waals surface area contributed by atoms with Crippen molar-refractivity contribution in [1.82, 2.24) is 9.97 Å². The summed E-state index contributed by atoms with van der Waals surface area (Å²) in [6, 6.07) is 10.3. The van der Waals surface area contributed by atoms with Crippen molar-refractivity contribution in [2.45, 2.75) is 18.8 Å². The molecule has 0 bridgehead atoms. The fourth-order valence-electron chi connectivity index (χ4n) is 2.88. The Bertz CT molecular complexity index is 680. The van der Waals surface area contributed by atoms with E-state index in [4.69, 9.17) is 10.7 Å². The Kier molecular flexibility index (Phi) is 2.74. The summed E-state index contributed by atoms with van der Waals surface area (Å²) in [6.45, 7) is 1.88. The van der Waals surface area contributed by atoms with Gasteiger partial charge in [0.15, 0.2) is 0 Å². The SMILES string of the molecule is CN1CCN(c2cc(N)nc(C3CC3)n2)c2ccccc21. The number of aromatic nitrogens is 2. The molecule has 1 aliphatic heterocycles. The summed E-state index contributed by atoms with van der Waals surface area (Å²) in [7, 11) is 2.13. The number of para-hydroxylation sites is 2. The Morgan fingerprint density at radius 1 is 1.10 bits per heavy atom. The van der Waals surface area contributed by atoms with Crippen molar-refractivity contribution in [2.24, 2.45) is 0 Å². The molecule has 5 heteroatoms. The summed E-state index contributed by atoms with van der Waals surface area (Å²) >= 11 is 0. The minimum absolute atomic E-state index is 0.509. The zero-order chi connectivity index (χ0) is 14.4. The first kappa shape index (κ1) is 12.4. The molecule has 5 nitrogen and oxygen atoms in total. The van der Waals surface area contributed by atoms with Crippen molar-refractivity contribution < 1.29 is 0 Å². The summed E-state index contributed by atoms with van der Waals surface area (Å²) in [4.78, 5) is 13.7. The number of hydrogen-bond acceptors (Lipinski definition) is 5. The molecule has 108 valence electrons. The van der Waals surface area contributed by atoms with Crippen molar-refractivity contribution in [2.75, 3.05) is 35.7 Å². The highest BCUT2D eigenvalue weighted by Crippen LogP contribution is 2.41. The van der Waals surface area contributed by atoms with Gasteiger partial charge in [-0.05, 0) is 25.0 Å². The van der Waals surface area contributed by atoms with Gasteiger partial charge in [-0.1, -0.05) is 12.1 Å². The molecule has 0 spiro atoms. The summed E-state index contributed by atoms with van der Waals surface area (Å²) in [5, 5.41) is 0. The Morgan fingerprint density at radius 3 is 2.62 bits per heavy atom. The van der Waals surface area contributed by atoms with Gasteiger partial charge < -0.3 is 15.5 Å². The van der Waals surface area contributed by atoms with Crippen LogP contribution in [0, 0.1) is 0 Å². The number of likely N-dealkylation sites (N-methyl/N-ethyl adjacent to an activating group) is 1. The lowest BCUT2D eigenvalue weighted by atomic mass is 10.1. The minimum Gasteiger partial charge on any atom is -0.384 e. The topological polar surface area (TPSA) is 58.3 Å². The number of rotatable bonds is 2. The number of fused-ring (bicyclic) bond motifs is 1. The van der Waals surface area contributed by atoms with E-state index in [1.165, 1.54) is 24.2 Å². The van der Waals surface area contributed by atoms with Crippen molar-refractivity contribution in [3.63, 3.8) is 0 Å². The second kappa shape index (κ2) is 4.62. The third-order valence-corrected chi connectivity index (χ3v) is 4.21. The first-order chi connectivity index (χ1) is 10.2. The fourth-order valence-corrected chi connectivity index (χ4v) is 2.88. The van der Waals surface area contributed by atoms with E-state index in [-0.39, 0.29) is 0 Å². The van der Waals surface area contributed by atoms with E-state index >= 15 is 0 Å². The van der Waals surface area contributed by atoms with E-state index in [2.05, 4.69) is 46.1 Å². The van der Waals surface area contributed by atoms with Crippen LogP contribution in [-0.2, 0) is 0 Å². The first-order valence-electron chi connectivity index (χ1n) is 7.44. The van der Waals surface area contributed by atoms with Crippen molar-refractivity contribution in [3.8, 4) is 0 Å². The van der Waals surface area contributed by atoms with Gasteiger partial charge in [0.2, 0.25) is 0 Å². The number of anilines is 4. The molecule has 0 unspecified atom stereocenters. The number of nitrogen functional groups attached to an aromatic ring is 1. The van der Waals surface area contributed by atoms with Gasteiger partial charge in [0.1, 0.15) is 17.5 Å². The van der Waals surface area contributed by atoms with Crippen LogP contribution in [-0.4, -0.2) is 30.1 Å². The normalized spacial score (nSPS) is 17.8. The van der Waals surface area contributed by atoms with Gasteiger partial charge in [-0.15, -0.1) is 0 Å². The van der Waals surface area contributed by atoms with Crippen LogP contribution in [0.25, 0.3) is 0 Å². The molecule has 1 fully saturated rings. The van der Waals surface area contributed by atoms with E-state index in [1.807, 2.05) is 6.07 Å². The van der Waals surface area contributed by atoms with Crippen molar-refractivity contribution in [1.29, 1.82) is 0 Å². The molecule has 2 aliphatic rings. The molecule has 0 radical (unpaired) electrons. The zero-order valence-electron chi connectivity index (χ0n) is 12.2. The van der Waals surface area contributed by atoms with Gasteiger partial charge >= 0.3 is 0 Å². The predicted molar refractivity (Wildman–Crippen MR) is 85.1 cm³/mol. The average Bonchev–Trinajstić information content (AvgIpc) is 3.32. The third kappa shape index (κ3) is 2.18. The highest BCUT2D eigenvalue weighted by molar-refractivity contribution is 5.78. The van der Waals surface area contributed by atoms with E-state index in [0.29, 0.717) is 11.7 Å². The summed E-state index contributed by atoms with van der Waals surface area (Å²) in [6.07, 6.45) is 2.37. The number of hydrogen-bond donors (Lipinski definition) is 1. The lowest BCUT2D eigenvalue weighted by Gasteiger charge is -2.36. The van der Waals surface area contributed by atoms with Crippen LogP contribution in [0.1, 0.15) is 24.6 Å². The van der Waals surface area contributed by atoms with Crippen LogP contribution in [0.4, 0.5) is 23.0 Å². The molecule has 2 heterocycles. The summed E-state index contributed by atoms with van der Waals surface area (Å²) in [5.41, 5.74) is 8.41. The molecular formula is C16H19N5. The molecule has 21 heavy (non-hydrogen) atoms. The van der Waals surface area contributed by atoms with E-state index < -0.39 is 0 Å². The molecule has 2 aromatic rings. The van der Waals surface area contributed by atoms with Crippen LogP contribution in [0.5, 0.6) is 0 Å². The van der Waals surface area contributed by atoms with E-state index in [9.17, 15) is 0 Å². The number of nitrogens with two attached hydrogens (primary N) is 1. The largest absolute Gasteiger partial charge is 0.384 e. The van der Waals surface area contributed by atoms with Gasteiger partial charge in [-0.25, -0.2) is 9.97 Å². The molecule has 4 rings (SSSR count). The lowest BCUT2D eigenvalue weighted by Crippen LogP contribution is -2.37. The average molecular weight is 281 g/mol. The molecule has 1 saturated carbocycles. The lowest BCUT2D eigenvalue weighted by molar-refractivity contribution is 0.803. The number of benzene rings is 1. The van der Waals surface area contributed by atoms with Gasteiger partial charge in [0.05, 0.1) is 11.4 Å². The highest BCUT2D eigenvalue weighted by Gasteiger charge is 2.29. The molecule has 0 amide bonds. The van der Waals surface area contributed by atoms with Gasteiger partial charge in [0, 0.05) is 32.1 Å². The molecule has 0 saturated heterocycles. The van der Waals surface area contributed by atoms with Crippen LogP contribution in [0.2, 0.25) is 0 Å². The molecule has 0 atom stereocenters. The van der Waals surface area contributed by atoms with E-state index in [1.54, 1.807) is 0 Å². The quantitative estimate of drug-likeness (QED) is 0.916. The summed E-state index contributed by atoms with van der Waals surface area (Å²) in [5.74, 6) is 2.90. The molecule has 1 aromatic carbocycles. The second-order valence-corrected chi connectivity index (χ2v) is 5.85. The maximum Gasteiger partial charge on any atom is 0.138 e. The van der Waals surface area contributed by atoms with Crippen LogP contribution >= 0.6 is 0 Å². The van der Waals surface area contributed by atoms with Gasteiger partial charge in [-0.3, -0.25) is 0 Å². The Balaban J connectivity index is 1.78. The Morgan fingerprint density at radius 2 is 1.86 bits per heavy atom. The maximum atomic E-state index is 5.99. The molecule has 2 N–H and O–H groups in total. The van der Waals surface area contributed by atoms with Crippen LogP contribution in [0.15, 0.2) is 30.3 Å².